The molecule has 0 unspecified atom stereocenters. The van der Waals surface area contributed by atoms with Gasteiger partial charge in [0.2, 0.25) is 0 Å². The Labute approximate surface area is 61.3 Å². The molecule has 3 nitrogen and oxygen atoms in total. The van der Waals surface area contributed by atoms with Gasteiger partial charge in [-0.3, -0.25) is 4.68 Å². The summed E-state index contributed by atoms with van der Waals surface area (Å²) in [4.78, 5) is 0. The van der Waals surface area contributed by atoms with Crippen LogP contribution in [0.15, 0.2) is 0 Å². The van der Waals surface area contributed by atoms with Crippen molar-refractivity contribution in [2.75, 3.05) is 0 Å². The van der Waals surface area contributed by atoms with Gasteiger partial charge in [0.25, 0.3) is 0 Å². The van der Waals surface area contributed by atoms with Crippen molar-refractivity contribution in [2.24, 2.45) is 7.05 Å². The van der Waals surface area contributed by atoms with Crippen LogP contribution in [0.2, 0.25) is 0 Å². The van der Waals surface area contributed by atoms with E-state index in [0.29, 0.717) is 0 Å². The zero-order valence-electron chi connectivity index (χ0n) is 6.05. The Kier molecular flexibility index (Phi) is 1.65. The van der Waals surface area contributed by atoms with E-state index >= 15 is 0 Å². The molecule has 0 aromatic carbocycles. The zero-order valence-corrected chi connectivity index (χ0v) is 6.05. The third kappa shape index (κ3) is 1.36. The zero-order chi connectivity index (χ0) is 8.65. The topological polar surface area (TPSA) is 30.7 Å². The van der Waals surface area contributed by atoms with E-state index < -0.39 is 12.6 Å². The fourth-order valence-corrected chi connectivity index (χ4v) is 0.723. The third-order valence-corrected chi connectivity index (χ3v) is 1.45. The number of aryl methyl sites for hydroxylation is 1. The van der Waals surface area contributed by atoms with E-state index in [9.17, 15) is 12.9 Å². The molecule has 0 saturated carbocycles. The van der Waals surface area contributed by atoms with Crippen molar-refractivity contribution in [2.45, 2.75) is 6.92 Å². The highest BCUT2D eigenvalue weighted by Gasteiger charge is 2.31. The predicted molar refractivity (Wildman–Crippen MR) is 34.5 cm³/mol. The fourth-order valence-electron chi connectivity index (χ4n) is 0.723. The van der Waals surface area contributed by atoms with Crippen molar-refractivity contribution in [1.82, 2.24) is 15.0 Å². The first-order valence-electron chi connectivity index (χ1n) is 2.99. The third-order valence-electron chi connectivity index (χ3n) is 1.45. The lowest BCUT2D eigenvalue weighted by atomic mass is 9.85. The first-order valence-corrected chi connectivity index (χ1v) is 2.99. The van der Waals surface area contributed by atoms with Crippen molar-refractivity contribution in [3.8, 4) is 0 Å². The van der Waals surface area contributed by atoms with Crippen LogP contribution in [-0.4, -0.2) is 22.0 Å². The standard InChI is InChI=1S/C4H6BF3N3/c1-3-4(5(6,7)8)9-10-11(3)2/h1-2H3/q-1. The molecular weight excluding hydrogens is 158 g/mol. The van der Waals surface area contributed by atoms with Gasteiger partial charge < -0.3 is 12.9 Å². The second kappa shape index (κ2) is 2.25. The van der Waals surface area contributed by atoms with Gasteiger partial charge in [-0.15, -0.1) is 0 Å². The number of hydrogen-bond donors (Lipinski definition) is 0. The average molecular weight is 164 g/mol. The molecule has 1 aromatic heterocycles. The summed E-state index contributed by atoms with van der Waals surface area (Å²) in [6, 6.07) is 0. The largest absolute Gasteiger partial charge is 0.531 e. The van der Waals surface area contributed by atoms with E-state index in [2.05, 4.69) is 10.3 Å². The van der Waals surface area contributed by atoms with E-state index in [1.807, 2.05) is 0 Å². The summed E-state index contributed by atoms with van der Waals surface area (Å²) in [6.07, 6.45) is 0. The summed E-state index contributed by atoms with van der Waals surface area (Å²) >= 11 is 0. The van der Waals surface area contributed by atoms with E-state index in [-0.39, 0.29) is 5.69 Å². The van der Waals surface area contributed by atoms with Crippen molar-refractivity contribution in [1.29, 1.82) is 0 Å². The van der Waals surface area contributed by atoms with Crippen LogP contribution in [-0.2, 0) is 7.05 Å². The molecular formula is C4H6BF3N3-. The smallest absolute Gasteiger partial charge is 0.444 e. The molecule has 0 aliphatic heterocycles. The minimum atomic E-state index is -5.00. The number of nitrogens with zero attached hydrogens (tertiary/aromatic N) is 3. The molecule has 0 aliphatic rings. The Balaban J connectivity index is 3.15. The van der Waals surface area contributed by atoms with Gasteiger partial charge in [-0.25, -0.2) is 0 Å². The molecule has 62 valence electrons. The fraction of sp³-hybridized carbons (Fsp3) is 0.500. The lowest BCUT2D eigenvalue weighted by Gasteiger charge is -2.10. The van der Waals surface area contributed by atoms with Crippen molar-refractivity contribution < 1.29 is 12.9 Å². The maximum Gasteiger partial charge on any atom is 0.531 e. The molecule has 0 fully saturated rings. The molecule has 0 amide bonds. The Hall–Kier alpha value is -1.01. The lowest BCUT2D eigenvalue weighted by Crippen LogP contribution is -2.37. The molecule has 0 bridgehead atoms. The highest BCUT2D eigenvalue weighted by atomic mass is 19.4. The summed E-state index contributed by atoms with van der Waals surface area (Å²) in [5.74, 6) is 0. The van der Waals surface area contributed by atoms with E-state index in [1.165, 1.54) is 14.0 Å². The second-order valence-corrected chi connectivity index (χ2v) is 2.26. The first-order chi connectivity index (χ1) is 4.93. The minimum absolute atomic E-state index is 0.0532. The first kappa shape index (κ1) is 8.09. The Morgan fingerprint density at radius 2 is 1.91 bits per heavy atom. The van der Waals surface area contributed by atoms with Crippen LogP contribution >= 0.6 is 0 Å². The molecule has 0 N–H and O–H groups in total. The van der Waals surface area contributed by atoms with Gasteiger partial charge in [-0.05, 0) is 6.92 Å². The van der Waals surface area contributed by atoms with Gasteiger partial charge in [-0.2, -0.15) is 5.10 Å². The quantitative estimate of drug-likeness (QED) is 0.554. The summed E-state index contributed by atoms with van der Waals surface area (Å²) in [7, 11) is 1.42. The maximum atomic E-state index is 12.0. The van der Waals surface area contributed by atoms with E-state index in [4.69, 9.17) is 0 Å². The molecule has 0 saturated heterocycles. The number of hydrogen-bond acceptors (Lipinski definition) is 2. The normalized spacial score (nSPS) is 12.1. The lowest BCUT2D eigenvalue weighted by molar-refractivity contribution is 0.497. The molecule has 0 atom stereocenters. The second-order valence-electron chi connectivity index (χ2n) is 2.26. The number of halogens is 3. The Morgan fingerprint density at radius 1 is 1.36 bits per heavy atom. The molecule has 0 spiro atoms. The Morgan fingerprint density at radius 3 is 2.09 bits per heavy atom. The van der Waals surface area contributed by atoms with Gasteiger partial charge >= 0.3 is 6.98 Å². The van der Waals surface area contributed by atoms with Crippen LogP contribution in [0.1, 0.15) is 5.69 Å². The van der Waals surface area contributed by atoms with Crippen LogP contribution in [0.5, 0.6) is 0 Å². The SMILES string of the molecule is Cc1c([B-](F)(F)F)nnn1C. The minimum Gasteiger partial charge on any atom is -0.444 e. The summed E-state index contributed by atoms with van der Waals surface area (Å²) < 4.78 is 37.1. The van der Waals surface area contributed by atoms with E-state index in [1.54, 1.807) is 0 Å². The predicted octanol–water partition coefficient (Wildman–Crippen LogP) is 0.178. The highest BCUT2D eigenvalue weighted by Crippen LogP contribution is 2.08. The molecule has 0 aliphatic carbocycles. The molecule has 1 heterocycles. The number of aromatic nitrogens is 3. The van der Waals surface area contributed by atoms with E-state index in [0.717, 1.165) is 4.68 Å². The summed E-state index contributed by atoms with van der Waals surface area (Å²) in [6.45, 7) is -3.67. The van der Waals surface area contributed by atoms with Crippen LogP contribution in [0, 0.1) is 6.92 Å². The monoisotopic (exact) mass is 164 g/mol. The van der Waals surface area contributed by atoms with Crippen molar-refractivity contribution in [3.63, 3.8) is 0 Å². The van der Waals surface area contributed by atoms with Crippen molar-refractivity contribution in [3.05, 3.63) is 5.69 Å². The van der Waals surface area contributed by atoms with Gasteiger partial charge in [0.15, 0.2) is 0 Å². The van der Waals surface area contributed by atoms with Crippen molar-refractivity contribution >= 4 is 12.6 Å². The van der Waals surface area contributed by atoms with Gasteiger partial charge in [0.1, 0.15) is 0 Å². The number of rotatable bonds is 1. The summed E-state index contributed by atoms with van der Waals surface area (Å²) in [5.41, 5.74) is -0.801. The van der Waals surface area contributed by atoms with Crippen LogP contribution < -0.4 is 5.59 Å². The van der Waals surface area contributed by atoms with Crippen LogP contribution in [0.4, 0.5) is 12.9 Å². The summed E-state index contributed by atoms with van der Waals surface area (Å²) in [5, 5.41) is 6.25. The molecule has 7 heteroatoms. The highest BCUT2D eigenvalue weighted by molar-refractivity contribution is 6.73. The average Bonchev–Trinajstić information content (AvgIpc) is 2.11. The van der Waals surface area contributed by atoms with Crippen LogP contribution in [0.3, 0.4) is 0 Å². The molecule has 1 rings (SSSR count). The van der Waals surface area contributed by atoms with Gasteiger partial charge in [-0.1, -0.05) is 5.21 Å². The van der Waals surface area contributed by atoms with Crippen LogP contribution in [0.25, 0.3) is 0 Å². The molecule has 0 radical (unpaired) electrons. The van der Waals surface area contributed by atoms with Gasteiger partial charge in [0.05, 0.1) is 0 Å². The molecule has 1 aromatic rings. The maximum absolute atomic E-state index is 12.0. The van der Waals surface area contributed by atoms with Gasteiger partial charge in [0, 0.05) is 18.3 Å². The Bertz CT molecular complexity index is 266. The molecule has 11 heavy (non-hydrogen) atoms.